The SMILES string of the molecule is COc1cc(CCNC(=O)c2ccc(=O)n(C)n2)cc(OC)c1OC. The van der Waals surface area contributed by atoms with E-state index in [0.717, 1.165) is 10.2 Å². The number of rotatable bonds is 7. The van der Waals surface area contributed by atoms with Crippen LogP contribution in [0.1, 0.15) is 16.1 Å². The highest BCUT2D eigenvalue weighted by molar-refractivity contribution is 5.91. The van der Waals surface area contributed by atoms with Crippen LogP contribution < -0.4 is 25.1 Å². The van der Waals surface area contributed by atoms with E-state index in [0.29, 0.717) is 30.2 Å². The number of benzene rings is 1. The van der Waals surface area contributed by atoms with E-state index in [1.807, 2.05) is 12.1 Å². The molecule has 0 atom stereocenters. The summed E-state index contributed by atoms with van der Waals surface area (Å²) >= 11 is 0. The molecule has 1 aromatic heterocycles. The van der Waals surface area contributed by atoms with Gasteiger partial charge in [-0.3, -0.25) is 9.59 Å². The molecule has 0 aliphatic rings. The first-order valence-corrected chi connectivity index (χ1v) is 7.61. The topological polar surface area (TPSA) is 91.7 Å². The zero-order valence-electron chi connectivity index (χ0n) is 14.7. The summed E-state index contributed by atoms with van der Waals surface area (Å²) in [5.74, 6) is 1.29. The number of carbonyl (C=O) groups is 1. The van der Waals surface area contributed by atoms with Crippen molar-refractivity contribution in [2.45, 2.75) is 6.42 Å². The Bertz CT molecular complexity index is 791. The van der Waals surface area contributed by atoms with Crippen LogP contribution in [0.3, 0.4) is 0 Å². The van der Waals surface area contributed by atoms with Crippen molar-refractivity contribution >= 4 is 5.91 Å². The van der Waals surface area contributed by atoms with Gasteiger partial charge in [-0.25, -0.2) is 4.68 Å². The number of hydrogen-bond donors (Lipinski definition) is 1. The van der Waals surface area contributed by atoms with Gasteiger partial charge in [-0.15, -0.1) is 0 Å². The zero-order chi connectivity index (χ0) is 18.4. The first kappa shape index (κ1) is 18.3. The fourth-order valence-electron chi connectivity index (χ4n) is 2.31. The van der Waals surface area contributed by atoms with E-state index < -0.39 is 0 Å². The number of nitrogens with zero attached hydrogens (tertiary/aromatic N) is 2. The molecule has 0 aliphatic carbocycles. The van der Waals surface area contributed by atoms with Crippen LogP contribution in [-0.2, 0) is 13.5 Å². The third-order valence-corrected chi connectivity index (χ3v) is 3.62. The van der Waals surface area contributed by atoms with Gasteiger partial charge in [-0.1, -0.05) is 0 Å². The van der Waals surface area contributed by atoms with Gasteiger partial charge >= 0.3 is 0 Å². The smallest absolute Gasteiger partial charge is 0.271 e. The monoisotopic (exact) mass is 347 g/mol. The first-order chi connectivity index (χ1) is 12.0. The molecule has 1 heterocycles. The second kappa shape index (κ2) is 8.18. The summed E-state index contributed by atoms with van der Waals surface area (Å²) in [6, 6.07) is 6.37. The average molecular weight is 347 g/mol. The lowest BCUT2D eigenvalue weighted by atomic mass is 10.1. The van der Waals surface area contributed by atoms with Crippen molar-refractivity contribution in [2.75, 3.05) is 27.9 Å². The number of aromatic nitrogens is 2. The standard InChI is InChI=1S/C17H21N3O5/c1-20-15(21)6-5-12(19-20)17(22)18-8-7-11-9-13(23-2)16(25-4)14(10-11)24-3/h5-6,9-10H,7-8H2,1-4H3,(H,18,22). The maximum Gasteiger partial charge on any atom is 0.271 e. The summed E-state index contributed by atoms with van der Waals surface area (Å²) in [5.41, 5.74) is 0.837. The molecule has 134 valence electrons. The minimum Gasteiger partial charge on any atom is -0.493 e. The summed E-state index contributed by atoms with van der Waals surface area (Å²) < 4.78 is 17.0. The number of nitrogens with one attached hydrogen (secondary N) is 1. The van der Waals surface area contributed by atoms with Gasteiger partial charge in [0.2, 0.25) is 5.75 Å². The molecule has 0 bridgehead atoms. The quantitative estimate of drug-likeness (QED) is 0.796. The van der Waals surface area contributed by atoms with E-state index in [4.69, 9.17) is 14.2 Å². The van der Waals surface area contributed by atoms with Crippen LogP contribution in [0.4, 0.5) is 0 Å². The van der Waals surface area contributed by atoms with Crippen LogP contribution in [-0.4, -0.2) is 43.6 Å². The fourth-order valence-corrected chi connectivity index (χ4v) is 2.31. The van der Waals surface area contributed by atoms with Crippen LogP contribution in [0, 0.1) is 0 Å². The van der Waals surface area contributed by atoms with E-state index in [1.165, 1.54) is 19.2 Å². The Morgan fingerprint density at radius 1 is 1.12 bits per heavy atom. The Morgan fingerprint density at radius 2 is 1.76 bits per heavy atom. The van der Waals surface area contributed by atoms with Crippen molar-refractivity contribution in [3.05, 3.63) is 45.9 Å². The van der Waals surface area contributed by atoms with Crippen LogP contribution in [0.15, 0.2) is 29.1 Å². The minimum atomic E-state index is -0.344. The molecular formula is C17H21N3O5. The van der Waals surface area contributed by atoms with Crippen LogP contribution in [0.25, 0.3) is 0 Å². The zero-order valence-corrected chi connectivity index (χ0v) is 14.7. The molecule has 1 N–H and O–H groups in total. The van der Waals surface area contributed by atoms with Gasteiger partial charge in [0.25, 0.3) is 11.5 Å². The molecular weight excluding hydrogens is 326 g/mol. The second-order valence-electron chi connectivity index (χ2n) is 5.22. The molecule has 1 amide bonds. The van der Waals surface area contributed by atoms with E-state index >= 15 is 0 Å². The van der Waals surface area contributed by atoms with Crippen molar-refractivity contribution in [3.63, 3.8) is 0 Å². The van der Waals surface area contributed by atoms with Gasteiger partial charge in [0, 0.05) is 19.7 Å². The Balaban J connectivity index is 2.04. The van der Waals surface area contributed by atoms with Gasteiger partial charge in [-0.05, 0) is 30.2 Å². The highest BCUT2D eigenvalue weighted by Gasteiger charge is 2.13. The Hall–Kier alpha value is -3.03. The third-order valence-electron chi connectivity index (χ3n) is 3.62. The molecule has 0 radical (unpaired) electrons. The highest BCUT2D eigenvalue weighted by atomic mass is 16.5. The highest BCUT2D eigenvalue weighted by Crippen LogP contribution is 2.38. The molecule has 25 heavy (non-hydrogen) atoms. The van der Waals surface area contributed by atoms with Crippen molar-refractivity contribution in [1.82, 2.24) is 15.1 Å². The Morgan fingerprint density at radius 3 is 2.28 bits per heavy atom. The number of aryl methyl sites for hydroxylation is 1. The fraction of sp³-hybridized carbons (Fsp3) is 0.353. The molecule has 0 saturated carbocycles. The van der Waals surface area contributed by atoms with Crippen LogP contribution in [0.5, 0.6) is 17.2 Å². The second-order valence-corrected chi connectivity index (χ2v) is 5.22. The van der Waals surface area contributed by atoms with Gasteiger partial charge in [0.15, 0.2) is 11.5 Å². The van der Waals surface area contributed by atoms with Gasteiger partial charge < -0.3 is 19.5 Å². The van der Waals surface area contributed by atoms with Crippen molar-refractivity contribution in [1.29, 1.82) is 0 Å². The van der Waals surface area contributed by atoms with Crippen molar-refractivity contribution in [3.8, 4) is 17.2 Å². The van der Waals surface area contributed by atoms with E-state index in [9.17, 15) is 9.59 Å². The summed E-state index contributed by atoms with van der Waals surface area (Å²) in [6.07, 6.45) is 0.564. The van der Waals surface area contributed by atoms with E-state index in [1.54, 1.807) is 21.3 Å². The lowest BCUT2D eigenvalue weighted by molar-refractivity contribution is 0.0947. The molecule has 2 rings (SSSR count). The summed E-state index contributed by atoms with van der Waals surface area (Å²) in [7, 11) is 6.14. The van der Waals surface area contributed by atoms with Crippen molar-refractivity contribution < 1.29 is 19.0 Å². The number of ether oxygens (including phenoxy) is 3. The van der Waals surface area contributed by atoms with E-state index in [2.05, 4.69) is 10.4 Å². The number of amides is 1. The van der Waals surface area contributed by atoms with Gasteiger partial charge in [0.1, 0.15) is 5.69 Å². The molecule has 1 aromatic carbocycles. The molecule has 0 unspecified atom stereocenters. The maximum atomic E-state index is 12.1. The molecule has 2 aromatic rings. The third kappa shape index (κ3) is 4.28. The maximum absolute atomic E-state index is 12.1. The number of hydrogen-bond acceptors (Lipinski definition) is 6. The van der Waals surface area contributed by atoms with Crippen LogP contribution in [0.2, 0.25) is 0 Å². The van der Waals surface area contributed by atoms with Gasteiger partial charge in [0.05, 0.1) is 21.3 Å². The van der Waals surface area contributed by atoms with Crippen molar-refractivity contribution in [2.24, 2.45) is 7.05 Å². The molecule has 8 heteroatoms. The number of carbonyl (C=O) groups excluding carboxylic acids is 1. The minimum absolute atomic E-state index is 0.187. The van der Waals surface area contributed by atoms with Crippen LogP contribution >= 0.6 is 0 Å². The summed E-state index contributed by atoms with van der Waals surface area (Å²) in [5, 5.41) is 6.68. The lowest BCUT2D eigenvalue weighted by Gasteiger charge is -2.14. The predicted octanol–water partition coefficient (Wildman–Crippen LogP) is 0.779. The molecule has 0 spiro atoms. The van der Waals surface area contributed by atoms with Gasteiger partial charge in [-0.2, -0.15) is 5.10 Å². The molecule has 0 aliphatic heterocycles. The summed E-state index contributed by atoms with van der Waals surface area (Å²) in [4.78, 5) is 23.4. The number of methoxy groups -OCH3 is 3. The first-order valence-electron chi connectivity index (χ1n) is 7.61. The normalized spacial score (nSPS) is 10.2. The predicted molar refractivity (Wildman–Crippen MR) is 91.6 cm³/mol. The average Bonchev–Trinajstić information content (AvgIpc) is 2.62. The Labute approximate surface area is 145 Å². The Kier molecular flexibility index (Phi) is 5.99. The molecule has 8 nitrogen and oxygen atoms in total. The molecule has 0 fully saturated rings. The lowest BCUT2D eigenvalue weighted by Crippen LogP contribution is -2.29. The largest absolute Gasteiger partial charge is 0.493 e. The summed E-state index contributed by atoms with van der Waals surface area (Å²) in [6.45, 7) is 0.391. The van der Waals surface area contributed by atoms with E-state index in [-0.39, 0.29) is 17.2 Å². The molecule has 0 saturated heterocycles.